The van der Waals surface area contributed by atoms with Crippen molar-refractivity contribution in [2.75, 3.05) is 25.9 Å². The van der Waals surface area contributed by atoms with E-state index in [-0.39, 0.29) is 0 Å². The van der Waals surface area contributed by atoms with Gasteiger partial charge in [-0.3, -0.25) is 4.68 Å². The summed E-state index contributed by atoms with van der Waals surface area (Å²) in [7, 11) is 2.18. The Morgan fingerprint density at radius 1 is 1.67 bits per heavy atom. The van der Waals surface area contributed by atoms with Gasteiger partial charge < -0.3 is 10.6 Å². The van der Waals surface area contributed by atoms with Crippen LogP contribution in [0.5, 0.6) is 0 Å². The number of hydrogen-bond donors (Lipinski definition) is 1. The Labute approximate surface area is 91.1 Å². The second-order valence-electron chi connectivity index (χ2n) is 4.74. The molecule has 1 saturated carbocycles. The number of nitrogens with zero attached hydrogens (tertiary/aromatic N) is 3. The normalized spacial score (nSPS) is 24.7. The third-order valence-electron chi connectivity index (χ3n) is 3.19. The van der Waals surface area contributed by atoms with Crippen molar-refractivity contribution in [2.45, 2.75) is 19.9 Å². The maximum atomic E-state index is 5.55. The number of nitrogens with two attached hydrogens (primary N) is 1. The van der Waals surface area contributed by atoms with Crippen molar-refractivity contribution in [3.8, 4) is 0 Å². The Morgan fingerprint density at radius 2 is 2.40 bits per heavy atom. The minimum absolute atomic E-state index is 0.605. The van der Waals surface area contributed by atoms with Crippen LogP contribution in [-0.4, -0.2) is 34.8 Å². The predicted molar refractivity (Wildman–Crippen MR) is 61.4 cm³/mol. The first-order chi connectivity index (χ1) is 7.15. The van der Waals surface area contributed by atoms with Gasteiger partial charge in [0, 0.05) is 19.3 Å². The molecule has 4 heteroatoms. The molecule has 0 bridgehead atoms. The molecule has 84 valence electrons. The van der Waals surface area contributed by atoms with Crippen LogP contribution in [0, 0.1) is 11.8 Å². The van der Waals surface area contributed by atoms with Crippen molar-refractivity contribution in [3.63, 3.8) is 0 Å². The van der Waals surface area contributed by atoms with Crippen molar-refractivity contribution in [1.82, 2.24) is 14.7 Å². The number of nitrogen functional groups attached to an aromatic ring is 1. The van der Waals surface area contributed by atoms with E-state index in [0.29, 0.717) is 5.82 Å². The molecular formula is C11H20N4. The molecule has 1 aromatic rings. The minimum Gasteiger partial charge on any atom is -0.382 e. The van der Waals surface area contributed by atoms with Gasteiger partial charge in [0.25, 0.3) is 0 Å². The van der Waals surface area contributed by atoms with Crippen molar-refractivity contribution in [1.29, 1.82) is 0 Å². The van der Waals surface area contributed by atoms with E-state index in [2.05, 4.69) is 24.0 Å². The molecular weight excluding hydrogens is 188 g/mol. The minimum atomic E-state index is 0.605. The van der Waals surface area contributed by atoms with Crippen molar-refractivity contribution >= 4 is 5.82 Å². The molecule has 1 aliphatic rings. The predicted octanol–water partition coefficient (Wildman–Crippen LogP) is 1.05. The van der Waals surface area contributed by atoms with E-state index in [4.69, 9.17) is 5.73 Å². The lowest BCUT2D eigenvalue weighted by Gasteiger charge is -2.16. The molecule has 1 heterocycles. The highest BCUT2D eigenvalue weighted by Gasteiger charge is 2.32. The summed E-state index contributed by atoms with van der Waals surface area (Å²) in [5, 5.41) is 4.16. The number of aromatic nitrogens is 2. The molecule has 0 spiro atoms. The van der Waals surface area contributed by atoms with Gasteiger partial charge in [-0.25, -0.2) is 0 Å². The Morgan fingerprint density at radius 3 is 2.93 bits per heavy atom. The number of anilines is 1. The van der Waals surface area contributed by atoms with Crippen LogP contribution in [-0.2, 0) is 6.54 Å². The molecule has 2 rings (SSSR count). The molecule has 1 fully saturated rings. The Kier molecular flexibility index (Phi) is 2.95. The zero-order chi connectivity index (χ0) is 10.8. The highest BCUT2D eigenvalue weighted by atomic mass is 15.3. The Hall–Kier alpha value is -1.03. The van der Waals surface area contributed by atoms with E-state index >= 15 is 0 Å². The van der Waals surface area contributed by atoms with Gasteiger partial charge in [0.15, 0.2) is 0 Å². The molecule has 0 amide bonds. The molecule has 0 radical (unpaired) electrons. The molecule has 0 aliphatic heterocycles. The first-order valence-electron chi connectivity index (χ1n) is 5.62. The fraction of sp³-hybridized carbons (Fsp3) is 0.727. The van der Waals surface area contributed by atoms with Crippen LogP contribution in [0.3, 0.4) is 0 Å². The number of rotatable bonds is 5. The van der Waals surface area contributed by atoms with Gasteiger partial charge in [0.2, 0.25) is 0 Å². The van der Waals surface area contributed by atoms with E-state index in [1.54, 1.807) is 0 Å². The van der Waals surface area contributed by atoms with Crippen LogP contribution >= 0.6 is 0 Å². The van der Waals surface area contributed by atoms with Gasteiger partial charge in [0.05, 0.1) is 6.54 Å². The first-order valence-corrected chi connectivity index (χ1v) is 5.62. The standard InChI is InChI=1S/C11H20N4/c1-9-7-10(9)8-14(2)5-6-15-4-3-11(12)13-15/h3-4,9-10H,5-8H2,1-2H3,(H2,12,13). The van der Waals surface area contributed by atoms with Crippen LogP contribution in [0.15, 0.2) is 12.3 Å². The summed E-state index contributed by atoms with van der Waals surface area (Å²) in [5.74, 6) is 2.47. The first kappa shape index (κ1) is 10.5. The van der Waals surface area contributed by atoms with Crippen LogP contribution in [0.25, 0.3) is 0 Å². The molecule has 1 aliphatic carbocycles. The highest BCUT2D eigenvalue weighted by Crippen LogP contribution is 2.37. The molecule has 0 aromatic carbocycles. The smallest absolute Gasteiger partial charge is 0.145 e. The van der Waals surface area contributed by atoms with Gasteiger partial charge in [-0.15, -0.1) is 0 Å². The SMILES string of the molecule is CC1CC1CN(C)CCn1ccc(N)n1. The van der Waals surface area contributed by atoms with Crippen LogP contribution in [0.4, 0.5) is 5.82 Å². The Balaban J connectivity index is 1.68. The molecule has 1 aromatic heterocycles. The largest absolute Gasteiger partial charge is 0.382 e. The lowest BCUT2D eigenvalue weighted by molar-refractivity contribution is 0.296. The average Bonchev–Trinajstić information content (AvgIpc) is 2.71. The number of likely N-dealkylation sites (N-methyl/N-ethyl adjacent to an activating group) is 1. The second-order valence-corrected chi connectivity index (χ2v) is 4.74. The summed E-state index contributed by atoms with van der Waals surface area (Å²) in [5.41, 5.74) is 5.55. The van der Waals surface area contributed by atoms with Crippen LogP contribution in [0.1, 0.15) is 13.3 Å². The Bertz CT molecular complexity index is 320. The van der Waals surface area contributed by atoms with E-state index in [1.165, 1.54) is 13.0 Å². The summed E-state index contributed by atoms with van der Waals surface area (Å²) in [6.45, 7) is 5.52. The van der Waals surface area contributed by atoms with Crippen LogP contribution < -0.4 is 5.73 Å². The summed E-state index contributed by atoms with van der Waals surface area (Å²) >= 11 is 0. The van der Waals surface area contributed by atoms with E-state index < -0.39 is 0 Å². The molecule has 15 heavy (non-hydrogen) atoms. The van der Waals surface area contributed by atoms with Gasteiger partial charge in [-0.2, -0.15) is 5.10 Å². The van der Waals surface area contributed by atoms with Gasteiger partial charge in [-0.05, 0) is 31.4 Å². The lowest BCUT2D eigenvalue weighted by Crippen LogP contribution is -2.26. The van der Waals surface area contributed by atoms with E-state index in [0.717, 1.165) is 24.9 Å². The highest BCUT2D eigenvalue weighted by molar-refractivity contribution is 5.23. The van der Waals surface area contributed by atoms with Crippen molar-refractivity contribution < 1.29 is 0 Å². The molecule has 2 unspecified atom stereocenters. The maximum absolute atomic E-state index is 5.55. The van der Waals surface area contributed by atoms with E-state index in [1.807, 2.05) is 16.9 Å². The summed E-state index contributed by atoms with van der Waals surface area (Å²) in [6.07, 6.45) is 3.34. The van der Waals surface area contributed by atoms with Gasteiger partial charge in [0.1, 0.15) is 5.82 Å². The van der Waals surface area contributed by atoms with Gasteiger partial charge in [-0.1, -0.05) is 6.92 Å². The van der Waals surface area contributed by atoms with Crippen molar-refractivity contribution in [2.24, 2.45) is 11.8 Å². The van der Waals surface area contributed by atoms with Gasteiger partial charge >= 0.3 is 0 Å². The molecule has 0 saturated heterocycles. The second kappa shape index (κ2) is 4.23. The monoisotopic (exact) mass is 208 g/mol. The fourth-order valence-corrected chi connectivity index (χ4v) is 1.92. The lowest BCUT2D eigenvalue weighted by atomic mass is 10.3. The third-order valence-corrected chi connectivity index (χ3v) is 3.19. The summed E-state index contributed by atoms with van der Waals surface area (Å²) in [6, 6.07) is 1.84. The molecule has 2 N–H and O–H groups in total. The quantitative estimate of drug-likeness (QED) is 0.787. The third kappa shape index (κ3) is 2.96. The zero-order valence-corrected chi connectivity index (χ0v) is 9.56. The zero-order valence-electron chi connectivity index (χ0n) is 9.56. The maximum Gasteiger partial charge on any atom is 0.145 e. The molecule has 2 atom stereocenters. The van der Waals surface area contributed by atoms with Crippen LogP contribution in [0.2, 0.25) is 0 Å². The van der Waals surface area contributed by atoms with E-state index in [9.17, 15) is 0 Å². The fourth-order valence-electron chi connectivity index (χ4n) is 1.92. The summed E-state index contributed by atoms with van der Waals surface area (Å²) < 4.78 is 1.90. The van der Waals surface area contributed by atoms with Crippen molar-refractivity contribution in [3.05, 3.63) is 12.3 Å². The molecule has 4 nitrogen and oxygen atoms in total. The summed E-state index contributed by atoms with van der Waals surface area (Å²) in [4.78, 5) is 2.38. The average molecular weight is 208 g/mol. The topological polar surface area (TPSA) is 47.1 Å². The number of hydrogen-bond acceptors (Lipinski definition) is 3.